The van der Waals surface area contributed by atoms with E-state index in [-0.39, 0.29) is 28.4 Å². The molecule has 0 bridgehead atoms. The summed E-state index contributed by atoms with van der Waals surface area (Å²) in [4.78, 5) is 22.6. The Kier molecular flexibility index (Phi) is 4.62. The van der Waals surface area contributed by atoms with E-state index in [0.717, 1.165) is 6.07 Å². The number of nitrogens with two attached hydrogens (primary N) is 1. The number of carbonyl (C=O) groups excluding carboxylic acids is 1. The highest BCUT2D eigenvalue weighted by atomic mass is 32.2. The Morgan fingerprint density at radius 2 is 2.00 bits per heavy atom. The molecule has 0 aromatic heterocycles. The number of rotatable bonds is 4. The van der Waals surface area contributed by atoms with Gasteiger partial charge in [-0.05, 0) is 36.8 Å². The SMILES string of the molecule is Nc1ccc(C(=O)Nc2cc(N3CCCS3(=O)=O)ccc2O)cc1[N+](=O)[O-]. The van der Waals surface area contributed by atoms with Crippen LogP contribution in [0.5, 0.6) is 5.75 Å². The molecule has 27 heavy (non-hydrogen) atoms. The molecule has 142 valence electrons. The van der Waals surface area contributed by atoms with Crippen LogP contribution in [-0.2, 0) is 10.0 Å². The quantitative estimate of drug-likeness (QED) is 0.309. The minimum Gasteiger partial charge on any atom is -0.506 e. The number of hydrogen-bond donors (Lipinski definition) is 3. The van der Waals surface area contributed by atoms with Crippen molar-refractivity contribution in [2.75, 3.05) is 27.7 Å². The highest BCUT2D eigenvalue weighted by molar-refractivity contribution is 7.93. The number of carbonyl (C=O) groups is 1. The highest BCUT2D eigenvalue weighted by Gasteiger charge is 2.29. The van der Waals surface area contributed by atoms with Gasteiger partial charge >= 0.3 is 0 Å². The first-order valence-corrected chi connectivity index (χ1v) is 9.48. The summed E-state index contributed by atoms with van der Waals surface area (Å²) in [7, 11) is -3.42. The largest absolute Gasteiger partial charge is 0.506 e. The lowest BCUT2D eigenvalue weighted by Crippen LogP contribution is -2.25. The highest BCUT2D eigenvalue weighted by Crippen LogP contribution is 2.32. The number of benzene rings is 2. The van der Waals surface area contributed by atoms with Gasteiger partial charge in [0.25, 0.3) is 11.6 Å². The lowest BCUT2D eigenvalue weighted by Gasteiger charge is -2.18. The van der Waals surface area contributed by atoms with Gasteiger partial charge in [-0.2, -0.15) is 0 Å². The molecule has 1 fully saturated rings. The second kappa shape index (κ2) is 6.76. The molecule has 4 N–H and O–H groups in total. The number of nitrogen functional groups attached to an aromatic ring is 1. The third kappa shape index (κ3) is 3.62. The van der Waals surface area contributed by atoms with Gasteiger partial charge in [0.2, 0.25) is 10.0 Å². The van der Waals surface area contributed by atoms with Crippen LogP contribution in [0.4, 0.5) is 22.7 Å². The summed E-state index contributed by atoms with van der Waals surface area (Å²) < 4.78 is 25.3. The molecule has 2 aromatic carbocycles. The molecule has 0 saturated carbocycles. The Morgan fingerprint density at radius 1 is 1.26 bits per heavy atom. The van der Waals surface area contributed by atoms with E-state index in [1.165, 1.54) is 34.6 Å². The smallest absolute Gasteiger partial charge is 0.292 e. The summed E-state index contributed by atoms with van der Waals surface area (Å²) in [5.41, 5.74) is 5.27. The number of amides is 1. The van der Waals surface area contributed by atoms with Gasteiger partial charge < -0.3 is 16.2 Å². The number of anilines is 3. The number of phenols is 1. The molecule has 1 heterocycles. The van der Waals surface area contributed by atoms with E-state index < -0.39 is 26.5 Å². The standard InChI is InChI=1S/C16H16N4O6S/c17-12-4-2-10(8-14(12)20(23)24)16(22)18-13-9-11(3-5-15(13)21)19-6-1-7-27(19,25)26/h2-5,8-9,21H,1,6-7,17H2,(H,18,22). The van der Waals surface area contributed by atoms with Crippen molar-refractivity contribution >= 4 is 38.7 Å². The topological polar surface area (TPSA) is 156 Å². The van der Waals surface area contributed by atoms with Gasteiger partial charge in [-0.1, -0.05) is 0 Å². The van der Waals surface area contributed by atoms with E-state index >= 15 is 0 Å². The van der Waals surface area contributed by atoms with E-state index in [0.29, 0.717) is 18.7 Å². The van der Waals surface area contributed by atoms with Crippen molar-refractivity contribution in [1.29, 1.82) is 0 Å². The van der Waals surface area contributed by atoms with Crippen molar-refractivity contribution in [1.82, 2.24) is 0 Å². The van der Waals surface area contributed by atoms with Crippen molar-refractivity contribution < 1.29 is 23.2 Å². The molecule has 0 atom stereocenters. The Balaban J connectivity index is 1.89. The van der Waals surface area contributed by atoms with Gasteiger partial charge in [-0.15, -0.1) is 0 Å². The first-order chi connectivity index (χ1) is 12.7. The molecular formula is C16H16N4O6S. The van der Waals surface area contributed by atoms with Gasteiger partial charge in [-0.3, -0.25) is 19.2 Å². The fourth-order valence-corrected chi connectivity index (χ4v) is 4.30. The summed E-state index contributed by atoms with van der Waals surface area (Å²) in [5.74, 6) is -0.950. The van der Waals surface area contributed by atoms with Crippen LogP contribution in [0, 0.1) is 10.1 Å². The van der Waals surface area contributed by atoms with Crippen LogP contribution in [0.2, 0.25) is 0 Å². The predicted octanol–water partition coefficient (Wildman–Crippen LogP) is 1.67. The summed E-state index contributed by atoms with van der Waals surface area (Å²) >= 11 is 0. The zero-order valence-electron chi connectivity index (χ0n) is 14.0. The molecule has 10 nitrogen and oxygen atoms in total. The average Bonchev–Trinajstić information content (AvgIpc) is 2.96. The van der Waals surface area contributed by atoms with E-state index in [9.17, 15) is 28.4 Å². The van der Waals surface area contributed by atoms with Gasteiger partial charge in [0.1, 0.15) is 11.4 Å². The zero-order valence-corrected chi connectivity index (χ0v) is 14.8. The lowest BCUT2D eigenvalue weighted by atomic mass is 10.1. The Bertz CT molecular complexity index is 1040. The van der Waals surface area contributed by atoms with Gasteiger partial charge in [0.05, 0.1) is 22.1 Å². The number of nitro benzene ring substituents is 1. The van der Waals surface area contributed by atoms with Crippen LogP contribution >= 0.6 is 0 Å². The first-order valence-electron chi connectivity index (χ1n) is 7.88. The molecule has 1 aliphatic heterocycles. The van der Waals surface area contributed by atoms with Crippen LogP contribution in [0.15, 0.2) is 36.4 Å². The molecule has 0 spiro atoms. The van der Waals surface area contributed by atoms with Crippen molar-refractivity contribution in [3.8, 4) is 5.75 Å². The number of sulfonamides is 1. The molecule has 11 heteroatoms. The summed E-state index contributed by atoms with van der Waals surface area (Å²) in [6.45, 7) is 0.310. The average molecular weight is 392 g/mol. The summed E-state index contributed by atoms with van der Waals surface area (Å²) in [5, 5.41) is 23.4. The lowest BCUT2D eigenvalue weighted by molar-refractivity contribution is -0.383. The van der Waals surface area contributed by atoms with Crippen LogP contribution in [0.1, 0.15) is 16.8 Å². The molecule has 1 amide bonds. The molecular weight excluding hydrogens is 376 g/mol. The number of nitrogens with zero attached hydrogens (tertiary/aromatic N) is 2. The molecule has 1 aliphatic rings. The van der Waals surface area contributed by atoms with Gasteiger partial charge in [0.15, 0.2) is 0 Å². The van der Waals surface area contributed by atoms with Crippen LogP contribution in [-0.4, -0.2) is 36.7 Å². The van der Waals surface area contributed by atoms with Crippen molar-refractivity contribution in [3.63, 3.8) is 0 Å². The monoisotopic (exact) mass is 392 g/mol. The maximum atomic E-state index is 12.4. The zero-order chi connectivity index (χ0) is 19.8. The van der Waals surface area contributed by atoms with E-state index in [2.05, 4.69) is 5.32 Å². The Hall–Kier alpha value is -3.34. The fraction of sp³-hybridized carbons (Fsp3) is 0.188. The minimum absolute atomic E-state index is 0.0147. The van der Waals surface area contributed by atoms with E-state index in [1.807, 2.05) is 0 Å². The summed E-state index contributed by atoms with van der Waals surface area (Å²) in [6.07, 6.45) is 0.486. The molecule has 3 rings (SSSR count). The third-order valence-electron chi connectivity index (χ3n) is 4.10. The normalized spacial score (nSPS) is 15.5. The number of phenolic OH excluding ortho intramolecular Hbond substituents is 1. The first kappa shape index (κ1) is 18.5. The van der Waals surface area contributed by atoms with Gasteiger partial charge in [-0.25, -0.2) is 8.42 Å². The van der Waals surface area contributed by atoms with Crippen molar-refractivity contribution in [2.24, 2.45) is 0 Å². The van der Waals surface area contributed by atoms with E-state index in [4.69, 9.17) is 5.73 Å². The maximum Gasteiger partial charge on any atom is 0.292 e. The molecule has 1 saturated heterocycles. The molecule has 0 radical (unpaired) electrons. The van der Waals surface area contributed by atoms with Crippen LogP contribution < -0.4 is 15.4 Å². The summed E-state index contributed by atoms with van der Waals surface area (Å²) in [6, 6.07) is 7.61. The minimum atomic E-state index is -3.42. The van der Waals surface area contributed by atoms with Crippen molar-refractivity contribution in [2.45, 2.75) is 6.42 Å². The number of nitrogens with one attached hydrogen (secondary N) is 1. The van der Waals surface area contributed by atoms with Crippen molar-refractivity contribution in [3.05, 3.63) is 52.1 Å². The second-order valence-electron chi connectivity index (χ2n) is 5.93. The molecule has 0 aliphatic carbocycles. The number of aromatic hydroxyl groups is 1. The van der Waals surface area contributed by atoms with Crippen LogP contribution in [0.3, 0.4) is 0 Å². The fourth-order valence-electron chi connectivity index (χ4n) is 2.75. The second-order valence-corrected chi connectivity index (χ2v) is 7.94. The van der Waals surface area contributed by atoms with Gasteiger partial charge in [0, 0.05) is 18.2 Å². The van der Waals surface area contributed by atoms with E-state index in [1.54, 1.807) is 0 Å². The molecule has 2 aromatic rings. The third-order valence-corrected chi connectivity index (χ3v) is 5.97. The van der Waals surface area contributed by atoms with Crippen LogP contribution in [0.25, 0.3) is 0 Å². The molecule has 0 unspecified atom stereocenters. The number of hydrogen-bond acceptors (Lipinski definition) is 7. The predicted molar refractivity (Wildman–Crippen MR) is 99.3 cm³/mol. The maximum absolute atomic E-state index is 12.4. The number of nitro groups is 1. The Labute approximate surface area is 154 Å². The Morgan fingerprint density at radius 3 is 2.63 bits per heavy atom.